The first-order valence-electron chi connectivity index (χ1n) is 15.4. The minimum absolute atomic E-state index is 0.00522. The summed E-state index contributed by atoms with van der Waals surface area (Å²) in [5.41, 5.74) is 1.79. The first-order valence-corrected chi connectivity index (χ1v) is 15.4. The van der Waals surface area contributed by atoms with Crippen LogP contribution in [0.4, 0.5) is 0 Å². The van der Waals surface area contributed by atoms with E-state index in [1.807, 2.05) is 0 Å². The van der Waals surface area contributed by atoms with E-state index in [-0.39, 0.29) is 70.3 Å². The Labute approximate surface area is 281 Å². The molecule has 13 nitrogen and oxygen atoms in total. The fourth-order valence-corrected chi connectivity index (χ4v) is 5.95. The van der Waals surface area contributed by atoms with Crippen molar-refractivity contribution in [3.8, 4) is 11.5 Å². The van der Waals surface area contributed by atoms with Gasteiger partial charge in [0.15, 0.2) is 23.6 Å². The van der Waals surface area contributed by atoms with Gasteiger partial charge in [-0.2, -0.15) is 0 Å². The Hall–Kier alpha value is -5.40. The van der Waals surface area contributed by atoms with Crippen molar-refractivity contribution in [2.45, 2.75) is 46.2 Å². The van der Waals surface area contributed by atoms with Gasteiger partial charge < -0.3 is 33.7 Å². The van der Waals surface area contributed by atoms with E-state index in [1.54, 1.807) is 38.1 Å². The van der Waals surface area contributed by atoms with Gasteiger partial charge in [0, 0.05) is 48.7 Å². The lowest BCUT2D eigenvalue weighted by Gasteiger charge is -2.31. The summed E-state index contributed by atoms with van der Waals surface area (Å²) in [7, 11) is 2.74. The molecule has 3 aliphatic rings. The summed E-state index contributed by atoms with van der Waals surface area (Å²) in [6, 6.07) is 4.79. The standard InChI is InChI=1S/C36H35NO12/c1-17-11-22-32(28(12-17)44-5)26(41)14-23(34(22)42)31-18(2)13-21-25(40)15-24(35(43)33(21)36(31)45-6)37-9-10-46-30-8-7-27(48-20(4)39)29(49-30)16-47-19(3)38/h7-8,11-15,27,29-30,37H,9-10,16H2,1-6H3/t27-,29-,30+/m1/s1. The number of esters is 2. The predicted molar refractivity (Wildman–Crippen MR) is 173 cm³/mol. The number of aryl methyl sites for hydroxylation is 2. The van der Waals surface area contributed by atoms with E-state index in [0.29, 0.717) is 5.56 Å². The number of ether oxygens (including phenoxy) is 6. The van der Waals surface area contributed by atoms with E-state index >= 15 is 0 Å². The molecule has 0 aromatic heterocycles. The number of hydrogen-bond donors (Lipinski definition) is 1. The van der Waals surface area contributed by atoms with E-state index in [4.69, 9.17) is 28.4 Å². The van der Waals surface area contributed by atoms with Crippen LogP contribution in [0.1, 0.15) is 72.0 Å². The van der Waals surface area contributed by atoms with Crippen molar-refractivity contribution >= 4 is 40.6 Å². The van der Waals surface area contributed by atoms with Gasteiger partial charge in [0.2, 0.25) is 5.78 Å². The lowest BCUT2D eigenvalue weighted by atomic mass is 9.80. The molecule has 1 aliphatic heterocycles. The van der Waals surface area contributed by atoms with Gasteiger partial charge in [-0.1, -0.05) is 0 Å². The van der Waals surface area contributed by atoms with Gasteiger partial charge in [0.05, 0.1) is 37.7 Å². The van der Waals surface area contributed by atoms with Crippen LogP contribution in [-0.2, 0) is 28.5 Å². The molecule has 0 saturated carbocycles. The number of fused-ring (bicyclic) bond motifs is 2. The van der Waals surface area contributed by atoms with Crippen LogP contribution in [0.3, 0.4) is 0 Å². The number of ketones is 4. The molecule has 3 atom stereocenters. The molecule has 256 valence electrons. The van der Waals surface area contributed by atoms with Gasteiger partial charge in [-0.15, -0.1) is 0 Å². The summed E-state index contributed by atoms with van der Waals surface area (Å²) in [4.78, 5) is 77.0. The number of hydrogen-bond acceptors (Lipinski definition) is 13. The largest absolute Gasteiger partial charge is 0.496 e. The van der Waals surface area contributed by atoms with Crippen molar-refractivity contribution in [1.82, 2.24) is 5.32 Å². The van der Waals surface area contributed by atoms with Crippen molar-refractivity contribution in [3.05, 3.63) is 87.1 Å². The number of carbonyl (C=O) groups excluding carboxylic acids is 6. The van der Waals surface area contributed by atoms with Crippen LogP contribution < -0.4 is 14.8 Å². The Kier molecular flexibility index (Phi) is 10.2. The molecular weight excluding hydrogens is 638 g/mol. The van der Waals surface area contributed by atoms with E-state index in [1.165, 1.54) is 46.3 Å². The van der Waals surface area contributed by atoms with Crippen molar-refractivity contribution < 1.29 is 57.2 Å². The first-order chi connectivity index (χ1) is 23.3. The molecule has 2 aromatic rings. The lowest BCUT2D eigenvalue weighted by molar-refractivity contribution is -0.196. The second-order valence-corrected chi connectivity index (χ2v) is 11.5. The highest BCUT2D eigenvalue weighted by Gasteiger charge is 2.37. The molecule has 0 bridgehead atoms. The third-order valence-corrected chi connectivity index (χ3v) is 8.03. The van der Waals surface area contributed by atoms with Crippen molar-refractivity contribution in [2.24, 2.45) is 0 Å². The Bertz CT molecular complexity index is 1870. The summed E-state index contributed by atoms with van der Waals surface area (Å²) >= 11 is 0. The molecule has 0 amide bonds. The third kappa shape index (κ3) is 7.08. The van der Waals surface area contributed by atoms with Gasteiger partial charge >= 0.3 is 11.9 Å². The molecule has 13 heteroatoms. The monoisotopic (exact) mass is 673 g/mol. The van der Waals surface area contributed by atoms with Gasteiger partial charge in [0.1, 0.15) is 30.3 Å². The first kappa shape index (κ1) is 34.9. The zero-order valence-corrected chi connectivity index (χ0v) is 27.8. The highest BCUT2D eigenvalue weighted by atomic mass is 16.7. The molecule has 0 fully saturated rings. The van der Waals surface area contributed by atoms with Crippen molar-refractivity contribution in [3.63, 3.8) is 0 Å². The molecular formula is C36H35NO12. The van der Waals surface area contributed by atoms with Gasteiger partial charge in [-0.25, -0.2) is 0 Å². The Balaban J connectivity index is 1.34. The van der Waals surface area contributed by atoms with Crippen LogP contribution in [-0.4, -0.2) is 87.5 Å². The van der Waals surface area contributed by atoms with Gasteiger partial charge in [-0.05, 0) is 61.4 Å². The number of rotatable bonds is 11. The molecule has 2 aromatic carbocycles. The fraction of sp³-hybridized carbons (Fsp3) is 0.333. The maximum absolute atomic E-state index is 13.9. The minimum atomic E-state index is -0.879. The van der Waals surface area contributed by atoms with Crippen LogP contribution in [0.5, 0.6) is 11.5 Å². The second-order valence-electron chi connectivity index (χ2n) is 11.5. The summed E-state index contributed by atoms with van der Waals surface area (Å²) in [5.74, 6) is -2.70. The predicted octanol–water partition coefficient (Wildman–Crippen LogP) is 3.43. The summed E-state index contributed by atoms with van der Waals surface area (Å²) in [5, 5.41) is 2.92. The molecule has 0 unspecified atom stereocenters. The number of Topliss-reactive ketones (excluding diaryl/α,β-unsaturated/α-hetero) is 2. The van der Waals surface area contributed by atoms with Crippen LogP contribution in [0, 0.1) is 13.8 Å². The van der Waals surface area contributed by atoms with Crippen LogP contribution >= 0.6 is 0 Å². The maximum Gasteiger partial charge on any atom is 0.303 e. The molecule has 0 saturated heterocycles. The van der Waals surface area contributed by atoms with Gasteiger partial charge in [0.25, 0.3) is 0 Å². The summed E-state index contributed by atoms with van der Waals surface area (Å²) in [6.07, 6.45) is 3.03. The molecule has 49 heavy (non-hydrogen) atoms. The van der Waals surface area contributed by atoms with E-state index < -0.39 is 53.6 Å². The number of methoxy groups -OCH3 is 2. The van der Waals surface area contributed by atoms with Crippen molar-refractivity contribution in [2.75, 3.05) is 34.0 Å². The number of carbonyl (C=O) groups is 6. The van der Waals surface area contributed by atoms with Crippen LogP contribution in [0.25, 0.3) is 5.57 Å². The fourth-order valence-electron chi connectivity index (χ4n) is 5.95. The normalized spacial score (nSPS) is 19.8. The number of nitrogens with one attached hydrogen (secondary N) is 1. The zero-order chi connectivity index (χ0) is 35.6. The summed E-state index contributed by atoms with van der Waals surface area (Å²) < 4.78 is 32.8. The van der Waals surface area contributed by atoms with E-state index in [9.17, 15) is 28.8 Å². The smallest absolute Gasteiger partial charge is 0.303 e. The zero-order valence-electron chi connectivity index (χ0n) is 27.8. The Morgan fingerprint density at radius 2 is 1.59 bits per heavy atom. The third-order valence-electron chi connectivity index (χ3n) is 8.03. The second kappa shape index (κ2) is 14.4. The average molecular weight is 674 g/mol. The lowest BCUT2D eigenvalue weighted by Crippen LogP contribution is -2.42. The van der Waals surface area contributed by atoms with E-state index in [0.717, 1.165) is 5.56 Å². The van der Waals surface area contributed by atoms with Crippen LogP contribution in [0.15, 0.2) is 48.2 Å². The quantitative estimate of drug-likeness (QED) is 0.209. The Morgan fingerprint density at radius 1 is 0.837 bits per heavy atom. The molecule has 0 spiro atoms. The van der Waals surface area contributed by atoms with Crippen molar-refractivity contribution in [1.29, 1.82) is 0 Å². The molecule has 2 aliphatic carbocycles. The average Bonchev–Trinajstić information content (AvgIpc) is 3.05. The highest BCUT2D eigenvalue weighted by Crippen LogP contribution is 2.42. The topological polar surface area (TPSA) is 170 Å². The molecule has 1 heterocycles. The molecule has 5 rings (SSSR count). The van der Waals surface area contributed by atoms with Crippen LogP contribution in [0.2, 0.25) is 0 Å². The number of benzene rings is 2. The summed E-state index contributed by atoms with van der Waals surface area (Å²) in [6.45, 7) is 5.86. The van der Waals surface area contributed by atoms with Gasteiger partial charge in [-0.3, -0.25) is 28.8 Å². The molecule has 0 radical (unpaired) electrons. The number of allylic oxidation sites excluding steroid dienone is 4. The highest BCUT2D eigenvalue weighted by molar-refractivity contribution is 6.40. The maximum atomic E-state index is 13.9. The van der Waals surface area contributed by atoms with E-state index in [2.05, 4.69) is 5.32 Å². The molecule has 1 N–H and O–H groups in total. The minimum Gasteiger partial charge on any atom is -0.496 e. The Morgan fingerprint density at radius 3 is 2.27 bits per heavy atom. The SMILES string of the molecule is COc1cc(C)cc2c1C(=O)C=C(c1c(C)cc3c(c1OC)C(=O)C(NCCO[C@@H]1C=C[C@@H](OC(C)=O)[C@@H](COC(C)=O)O1)=CC3=O)C2=O.